The SMILES string of the molecule is COC(=O)c1ccc([N+](=O)[O-])c(NCC2(C(C)C)CC2)n1. The Morgan fingerprint density at radius 2 is 2.19 bits per heavy atom. The van der Waals surface area contributed by atoms with Gasteiger partial charge in [0.2, 0.25) is 5.82 Å². The maximum atomic E-state index is 11.5. The van der Waals surface area contributed by atoms with E-state index in [1.54, 1.807) is 0 Å². The van der Waals surface area contributed by atoms with Crippen LogP contribution in [0.5, 0.6) is 0 Å². The minimum Gasteiger partial charge on any atom is -0.464 e. The van der Waals surface area contributed by atoms with Crippen molar-refractivity contribution in [2.75, 3.05) is 19.0 Å². The zero-order valence-electron chi connectivity index (χ0n) is 12.4. The quantitative estimate of drug-likeness (QED) is 0.492. The smallest absolute Gasteiger partial charge is 0.356 e. The number of rotatable bonds is 6. The number of pyridine rings is 1. The monoisotopic (exact) mass is 293 g/mol. The van der Waals surface area contributed by atoms with Gasteiger partial charge in [-0.1, -0.05) is 13.8 Å². The highest BCUT2D eigenvalue weighted by atomic mass is 16.6. The Balaban J connectivity index is 2.23. The second-order valence-corrected chi connectivity index (χ2v) is 5.68. The number of hydrogen-bond donors (Lipinski definition) is 1. The van der Waals surface area contributed by atoms with Crippen LogP contribution in [0.4, 0.5) is 11.5 Å². The molecule has 0 bridgehead atoms. The molecule has 0 aromatic carbocycles. The van der Waals surface area contributed by atoms with Gasteiger partial charge < -0.3 is 10.1 Å². The Hall–Kier alpha value is -2.18. The van der Waals surface area contributed by atoms with Gasteiger partial charge in [-0.15, -0.1) is 0 Å². The summed E-state index contributed by atoms with van der Waals surface area (Å²) in [6.45, 7) is 4.89. The van der Waals surface area contributed by atoms with E-state index in [1.165, 1.54) is 19.2 Å². The van der Waals surface area contributed by atoms with Crippen molar-refractivity contribution in [3.05, 3.63) is 27.9 Å². The van der Waals surface area contributed by atoms with Crippen molar-refractivity contribution in [3.63, 3.8) is 0 Å². The van der Waals surface area contributed by atoms with Crippen LogP contribution < -0.4 is 5.32 Å². The lowest BCUT2D eigenvalue weighted by atomic mass is 9.92. The van der Waals surface area contributed by atoms with Gasteiger partial charge in [0, 0.05) is 12.6 Å². The molecule has 0 unspecified atom stereocenters. The zero-order valence-corrected chi connectivity index (χ0v) is 12.4. The van der Waals surface area contributed by atoms with Gasteiger partial charge in [0.05, 0.1) is 12.0 Å². The summed E-state index contributed by atoms with van der Waals surface area (Å²) < 4.78 is 4.59. The molecule has 1 saturated carbocycles. The van der Waals surface area contributed by atoms with E-state index in [0.717, 1.165) is 12.8 Å². The van der Waals surface area contributed by atoms with E-state index in [0.29, 0.717) is 12.5 Å². The van der Waals surface area contributed by atoms with Gasteiger partial charge in [-0.25, -0.2) is 9.78 Å². The second kappa shape index (κ2) is 5.67. The molecule has 1 aromatic heterocycles. The number of nitro groups is 1. The highest BCUT2D eigenvalue weighted by Crippen LogP contribution is 2.51. The van der Waals surface area contributed by atoms with Crippen molar-refractivity contribution < 1.29 is 14.5 Å². The number of nitrogens with one attached hydrogen (secondary N) is 1. The minimum atomic E-state index is -0.613. The van der Waals surface area contributed by atoms with Crippen LogP contribution in [-0.2, 0) is 4.74 Å². The molecule has 21 heavy (non-hydrogen) atoms. The third-order valence-electron chi connectivity index (χ3n) is 4.19. The summed E-state index contributed by atoms with van der Waals surface area (Å²) in [6.07, 6.45) is 2.20. The normalized spacial score (nSPS) is 15.6. The van der Waals surface area contributed by atoms with E-state index in [2.05, 4.69) is 28.9 Å². The fraction of sp³-hybridized carbons (Fsp3) is 0.571. The number of carbonyl (C=O) groups excluding carboxylic acids is 1. The molecule has 7 heteroatoms. The molecular weight excluding hydrogens is 274 g/mol. The first-order chi connectivity index (χ1) is 9.89. The number of nitrogens with zero attached hydrogens (tertiary/aromatic N) is 2. The van der Waals surface area contributed by atoms with Crippen LogP contribution in [0.25, 0.3) is 0 Å². The van der Waals surface area contributed by atoms with E-state index in [9.17, 15) is 14.9 Å². The predicted molar refractivity (Wildman–Crippen MR) is 77.2 cm³/mol. The fourth-order valence-electron chi connectivity index (χ4n) is 2.33. The molecule has 0 radical (unpaired) electrons. The van der Waals surface area contributed by atoms with Crippen molar-refractivity contribution in [1.29, 1.82) is 0 Å². The van der Waals surface area contributed by atoms with Crippen LogP contribution in [0.15, 0.2) is 12.1 Å². The lowest BCUT2D eigenvalue weighted by molar-refractivity contribution is -0.384. The van der Waals surface area contributed by atoms with Gasteiger partial charge in [0.15, 0.2) is 5.69 Å². The van der Waals surface area contributed by atoms with Crippen LogP contribution in [0.3, 0.4) is 0 Å². The van der Waals surface area contributed by atoms with Gasteiger partial charge in [0.25, 0.3) is 0 Å². The summed E-state index contributed by atoms with van der Waals surface area (Å²) in [5, 5.41) is 14.1. The maximum Gasteiger partial charge on any atom is 0.356 e. The van der Waals surface area contributed by atoms with Gasteiger partial charge >= 0.3 is 11.7 Å². The second-order valence-electron chi connectivity index (χ2n) is 5.68. The molecule has 114 valence electrons. The lowest BCUT2D eigenvalue weighted by Gasteiger charge is -2.20. The number of aromatic nitrogens is 1. The number of ether oxygens (including phenoxy) is 1. The molecule has 0 saturated heterocycles. The van der Waals surface area contributed by atoms with E-state index in [4.69, 9.17) is 0 Å². The number of methoxy groups -OCH3 is 1. The van der Waals surface area contributed by atoms with Gasteiger partial charge in [0.1, 0.15) is 0 Å². The first kappa shape index (κ1) is 15.2. The van der Waals surface area contributed by atoms with E-state index in [-0.39, 0.29) is 22.6 Å². The molecule has 0 atom stereocenters. The van der Waals surface area contributed by atoms with Crippen molar-refractivity contribution >= 4 is 17.5 Å². The number of hydrogen-bond acceptors (Lipinski definition) is 6. The summed E-state index contributed by atoms with van der Waals surface area (Å²) in [6, 6.07) is 2.57. The summed E-state index contributed by atoms with van der Waals surface area (Å²) in [4.78, 5) is 26.1. The first-order valence-corrected chi connectivity index (χ1v) is 6.87. The Kier molecular flexibility index (Phi) is 4.11. The Bertz CT molecular complexity index is 567. The largest absolute Gasteiger partial charge is 0.464 e. The van der Waals surface area contributed by atoms with Crippen LogP contribution in [0, 0.1) is 21.4 Å². The van der Waals surface area contributed by atoms with Gasteiger partial charge in [-0.2, -0.15) is 0 Å². The summed E-state index contributed by atoms with van der Waals surface area (Å²) in [5.41, 5.74) is 0.0961. The highest BCUT2D eigenvalue weighted by molar-refractivity contribution is 5.88. The molecule has 1 aromatic rings. The standard InChI is InChI=1S/C14H19N3O4/c1-9(2)14(6-7-14)8-15-12-11(17(19)20)5-4-10(16-12)13(18)21-3/h4-5,9H,6-8H2,1-3H3,(H,15,16). The molecule has 0 aliphatic heterocycles. The molecule has 1 heterocycles. The maximum absolute atomic E-state index is 11.5. The lowest BCUT2D eigenvalue weighted by Crippen LogP contribution is -2.22. The molecule has 0 amide bonds. The molecule has 1 aliphatic rings. The molecular formula is C14H19N3O4. The molecule has 7 nitrogen and oxygen atoms in total. The average molecular weight is 293 g/mol. The first-order valence-electron chi connectivity index (χ1n) is 6.87. The van der Waals surface area contributed by atoms with Crippen LogP contribution >= 0.6 is 0 Å². The number of carbonyl (C=O) groups is 1. The Morgan fingerprint density at radius 1 is 1.52 bits per heavy atom. The average Bonchev–Trinajstić information content (AvgIpc) is 3.25. The van der Waals surface area contributed by atoms with Crippen LogP contribution in [0.1, 0.15) is 37.2 Å². The van der Waals surface area contributed by atoms with Crippen LogP contribution in [0.2, 0.25) is 0 Å². The topological polar surface area (TPSA) is 94.4 Å². The third kappa shape index (κ3) is 3.12. The predicted octanol–water partition coefficient (Wildman–Crippen LogP) is 2.62. The summed E-state index contributed by atoms with van der Waals surface area (Å²) in [5.74, 6) is 0.000568. The number of anilines is 1. The van der Waals surface area contributed by atoms with E-state index >= 15 is 0 Å². The minimum absolute atomic E-state index is 0.0555. The summed E-state index contributed by atoms with van der Waals surface area (Å²) in [7, 11) is 1.25. The Morgan fingerprint density at radius 3 is 2.67 bits per heavy atom. The number of esters is 1. The van der Waals surface area contributed by atoms with E-state index in [1.807, 2.05) is 0 Å². The van der Waals surface area contributed by atoms with Crippen molar-refractivity contribution in [2.24, 2.45) is 11.3 Å². The molecule has 1 aliphatic carbocycles. The molecule has 2 rings (SSSR count). The summed E-state index contributed by atoms with van der Waals surface area (Å²) >= 11 is 0. The molecule has 0 spiro atoms. The third-order valence-corrected chi connectivity index (χ3v) is 4.19. The van der Waals surface area contributed by atoms with Crippen molar-refractivity contribution in [3.8, 4) is 0 Å². The molecule has 1 N–H and O–H groups in total. The fourth-order valence-corrected chi connectivity index (χ4v) is 2.33. The van der Waals surface area contributed by atoms with Gasteiger partial charge in [-0.3, -0.25) is 10.1 Å². The van der Waals surface area contributed by atoms with Gasteiger partial charge in [-0.05, 0) is 30.2 Å². The Labute approximate surface area is 122 Å². The van der Waals surface area contributed by atoms with E-state index < -0.39 is 10.9 Å². The zero-order chi connectivity index (χ0) is 15.6. The van der Waals surface area contributed by atoms with Crippen LogP contribution in [-0.4, -0.2) is 29.5 Å². The van der Waals surface area contributed by atoms with Crippen molar-refractivity contribution in [2.45, 2.75) is 26.7 Å². The van der Waals surface area contributed by atoms with Crippen molar-refractivity contribution in [1.82, 2.24) is 4.98 Å². The molecule has 1 fully saturated rings. The highest BCUT2D eigenvalue weighted by Gasteiger charge is 2.45.